The number of rotatable bonds is 2. The number of methoxy groups -OCH3 is 1. The smallest absolute Gasteiger partial charge is 0.124 e. The van der Waals surface area contributed by atoms with E-state index in [4.69, 9.17) is 16.2 Å². The second-order valence-electron chi connectivity index (χ2n) is 3.77. The molecule has 4 N–H and O–H groups in total. The van der Waals surface area contributed by atoms with Crippen LogP contribution in [0.25, 0.3) is 0 Å². The molecule has 4 heteroatoms. The first-order valence-electron chi connectivity index (χ1n) is 5.07. The third kappa shape index (κ3) is 1.62. The molecule has 0 radical (unpaired) electrons. The van der Waals surface area contributed by atoms with Gasteiger partial charge in [-0.3, -0.25) is 4.99 Å². The van der Waals surface area contributed by atoms with Crippen molar-refractivity contribution in [2.45, 2.75) is 11.6 Å². The molecule has 0 bridgehead atoms. The molecule has 2 rings (SSSR count). The van der Waals surface area contributed by atoms with Gasteiger partial charge in [-0.05, 0) is 12.1 Å². The van der Waals surface area contributed by atoms with Crippen LogP contribution >= 0.6 is 0 Å². The van der Waals surface area contributed by atoms with Crippen LogP contribution in [0.1, 0.15) is 5.56 Å². The van der Waals surface area contributed by atoms with E-state index in [2.05, 4.69) is 4.99 Å². The summed E-state index contributed by atoms with van der Waals surface area (Å²) in [5.74, 6) is 0.736. The molecule has 4 nitrogen and oxygen atoms in total. The fraction of sp³-hybridized carbons (Fsp3) is 0.250. The largest absolute Gasteiger partial charge is 0.496 e. The Morgan fingerprint density at radius 3 is 2.81 bits per heavy atom. The summed E-state index contributed by atoms with van der Waals surface area (Å²) >= 11 is 0. The van der Waals surface area contributed by atoms with Crippen molar-refractivity contribution in [1.29, 1.82) is 0 Å². The third-order valence-electron chi connectivity index (χ3n) is 2.81. The summed E-state index contributed by atoms with van der Waals surface area (Å²) in [5, 5.41) is 0. The fourth-order valence-electron chi connectivity index (χ4n) is 1.81. The van der Waals surface area contributed by atoms with Gasteiger partial charge in [0.15, 0.2) is 0 Å². The molecule has 0 aliphatic carbocycles. The van der Waals surface area contributed by atoms with Crippen LogP contribution in [-0.2, 0) is 5.54 Å². The number of aliphatic imine (C=N–C) groups is 1. The summed E-state index contributed by atoms with van der Waals surface area (Å²) in [6, 6.07) is 7.25. The fourth-order valence-corrected chi connectivity index (χ4v) is 1.81. The molecule has 1 heterocycles. The summed E-state index contributed by atoms with van der Waals surface area (Å²) < 4.78 is 5.30. The molecule has 0 saturated heterocycles. The summed E-state index contributed by atoms with van der Waals surface area (Å²) in [5.41, 5.74) is 12.4. The molecule has 1 aliphatic rings. The van der Waals surface area contributed by atoms with Gasteiger partial charge in [0.05, 0.1) is 18.7 Å². The Labute approximate surface area is 94.6 Å². The van der Waals surface area contributed by atoms with Gasteiger partial charge >= 0.3 is 0 Å². The van der Waals surface area contributed by atoms with Gasteiger partial charge in [-0.25, -0.2) is 0 Å². The second-order valence-corrected chi connectivity index (χ2v) is 3.77. The topological polar surface area (TPSA) is 73.6 Å². The molecule has 0 saturated carbocycles. The standard InChI is InChI=1S/C12H15N3O/c1-16-10-5-3-2-4-9(10)12(14)6-7-15-8-11(12)13/h2-8,11H,13-14H2,1H3. The molecule has 2 atom stereocenters. The van der Waals surface area contributed by atoms with Gasteiger partial charge in [0.25, 0.3) is 0 Å². The summed E-state index contributed by atoms with van der Waals surface area (Å²) in [6.45, 7) is 0. The van der Waals surface area contributed by atoms with Crippen LogP contribution < -0.4 is 16.2 Å². The highest BCUT2D eigenvalue weighted by molar-refractivity contribution is 5.71. The lowest BCUT2D eigenvalue weighted by Gasteiger charge is -2.33. The van der Waals surface area contributed by atoms with Crippen molar-refractivity contribution in [2.75, 3.05) is 7.11 Å². The number of nitrogens with zero attached hydrogens (tertiary/aromatic N) is 1. The van der Waals surface area contributed by atoms with E-state index in [0.717, 1.165) is 11.3 Å². The maximum Gasteiger partial charge on any atom is 0.124 e. The predicted octanol–water partition coefficient (Wildman–Crippen LogP) is 0.775. The van der Waals surface area contributed by atoms with Gasteiger partial charge in [-0.2, -0.15) is 0 Å². The number of hydrogen-bond acceptors (Lipinski definition) is 4. The first kappa shape index (κ1) is 10.9. The normalized spacial score (nSPS) is 28.1. The molecule has 0 amide bonds. The average Bonchev–Trinajstić information content (AvgIpc) is 2.33. The monoisotopic (exact) mass is 217 g/mol. The second kappa shape index (κ2) is 4.08. The molecule has 1 aromatic carbocycles. The lowest BCUT2D eigenvalue weighted by atomic mass is 9.83. The van der Waals surface area contributed by atoms with E-state index >= 15 is 0 Å². The molecule has 0 fully saturated rings. The number of ether oxygens (including phenoxy) is 1. The van der Waals surface area contributed by atoms with Gasteiger partial charge < -0.3 is 16.2 Å². The first-order valence-corrected chi connectivity index (χ1v) is 5.07. The van der Waals surface area contributed by atoms with Gasteiger partial charge in [-0.15, -0.1) is 0 Å². The average molecular weight is 217 g/mol. The Balaban J connectivity index is 2.50. The van der Waals surface area contributed by atoms with Crippen LogP contribution in [0.3, 0.4) is 0 Å². The van der Waals surface area contributed by atoms with Crippen molar-refractivity contribution in [1.82, 2.24) is 0 Å². The third-order valence-corrected chi connectivity index (χ3v) is 2.81. The maximum atomic E-state index is 6.32. The summed E-state index contributed by atoms with van der Waals surface area (Å²) in [6.07, 6.45) is 5.11. The van der Waals surface area contributed by atoms with Crippen LogP contribution in [0.4, 0.5) is 0 Å². The SMILES string of the molecule is COc1ccccc1C1(N)C=CN=CC1N. The first-order chi connectivity index (χ1) is 7.68. The van der Waals surface area contributed by atoms with Crippen LogP contribution in [0, 0.1) is 0 Å². The molecule has 1 aromatic rings. The molecule has 0 spiro atoms. The molecular weight excluding hydrogens is 202 g/mol. The van der Waals surface area contributed by atoms with Crippen molar-refractivity contribution in [3.63, 3.8) is 0 Å². The minimum Gasteiger partial charge on any atom is -0.496 e. The summed E-state index contributed by atoms with van der Waals surface area (Å²) in [7, 11) is 1.62. The van der Waals surface area contributed by atoms with E-state index < -0.39 is 5.54 Å². The van der Waals surface area contributed by atoms with Crippen molar-refractivity contribution < 1.29 is 4.74 Å². The van der Waals surface area contributed by atoms with Gasteiger partial charge in [-0.1, -0.05) is 18.2 Å². The van der Waals surface area contributed by atoms with Crippen molar-refractivity contribution in [2.24, 2.45) is 16.5 Å². The highest BCUT2D eigenvalue weighted by Gasteiger charge is 2.34. The minimum absolute atomic E-state index is 0.353. The molecule has 16 heavy (non-hydrogen) atoms. The number of para-hydroxylation sites is 1. The Bertz CT molecular complexity index is 442. The zero-order chi connectivity index (χ0) is 11.6. The van der Waals surface area contributed by atoms with Gasteiger partial charge in [0, 0.05) is 18.0 Å². The van der Waals surface area contributed by atoms with Gasteiger partial charge in [0.1, 0.15) is 5.75 Å². The van der Waals surface area contributed by atoms with E-state index in [-0.39, 0.29) is 6.04 Å². The number of nitrogens with two attached hydrogens (primary N) is 2. The molecule has 2 unspecified atom stereocenters. The quantitative estimate of drug-likeness (QED) is 0.768. The van der Waals surface area contributed by atoms with Crippen molar-refractivity contribution in [3.8, 4) is 5.75 Å². The Kier molecular flexibility index (Phi) is 2.77. The maximum absolute atomic E-state index is 6.32. The Hall–Kier alpha value is -1.65. The van der Waals surface area contributed by atoms with Gasteiger partial charge in [0.2, 0.25) is 0 Å². The molecule has 0 aromatic heterocycles. The van der Waals surface area contributed by atoms with E-state index in [1.807, 2.05) is 24.3 Å². The highest BCUT2D eigenvalue weighted by Crippen LogP contribution is 2.31. The predicted molar refractivity (Wildman–Crippen MR) is 64.5 cm³/mol. The number of benzene rings is 1. The molecule has 1 aliphatic heterocycles. The van der Waals surface area contributed by atoms with E-state index in [1.54, 1.807) is 25.6 Å². The van der Waals surface area contributed by atoms with Crippen LogP contribution in [-0.4, -0.2) is 19.4 Å². The van der Waals surface area contributed by atoms with E-state index in [9.17, 15) is 0 Å². The number of hydrogen-bond donors (Lipinski definition) is 2. The Morgan fingerprint density at radius 2 is 2.12 bits per heavy atom. The molecule has 84 valence electrons. The lowest BCUT2D eigenvalue weighted by Crippen LogP contribution is -2.53. The van der Waals surface area contributed by atoms with Crippen molar-refractivity contribution in [3.05, 3.63) is 42.1 Å². The van der Waals surface area contributed by atoms with Crippen molar-refractivity contribution >= 4 is 6.21 Å². The minimum atomic E-state index is -0.756. The lowest BCUT2D eigenvalue weighted by molar-refractivity contribution is 0.392. The van der Waals surface area contributed by atoms with E-state index in [0.29, 0.717) is 0 Å². The van der Waals surface area contributed by atoms with Crippen LogP contribution in [0.15, 0.2) is 41.5 Å². The summed E-state index contributed by atoms with van der Waals surface area (Å²) in [4.78, 5) is 3.98. The Morgan fingerprint density at radius 1 is 1.38 bits per heavy atom. The zero-order valence-electron chi connectivity index (χ0n) is 9.13. The van der Waals surface area contributed by atoms with E-state index in [1.165, 1.54) is 0 Å². The molecular formula is C12H15N3O. The highest BCUT2D eigenvalue weighted by atomic mass is 16.5. The van der Waals surface area contributed by atoms with Crippen LogP contribution in [0.5, 0.6) is 5.75 Å². The zero-order valence-corrected chi connectivity index (χ0v) is 9.13. The van der Waals surface area contributed by atoms with Crippen LogP contribution in [0.2, 0.25) is 0 Å².